The smallest absolute Gasteiger partial charge is 0.410 e. The number of rotatable bonds is 5. The molecule has 0 spiro atoms. The number of amides is 1. The molecule has 2 atom stereocenters. The lowest BCUT2D eigenvalue weighted by Crippen LogP contribution is -2.44. The van der Waals surface area contributed by atoms with Crippen LogP contribution >= 0.6 is 0 Å². The molecule has 2 aromatic rings. The molecule has 1 amide bonds. The molecule has 0 aromatic carbocycles. The summed E-state index contributed by atoms with van der Waals surface area (Å²) < 4.78 is 37.2. The highest BCUT2D eigenvalue weighted by atomic mass is 19.3. The Kier molecular flexibility index (Phi) is 4.57. The third-order valence-electron chi connectivity index (χ3n) is 4.79. The van der Waals surface area contributed by atoms with Gasteiger partial charge in [-0.05, 0) is 0 Å². The summed E-state index contributed by atoms with van der Waals surface area (Å²) in [6, 6.07) is 1.16. The first-order chi connectivity index (χ1) is 13.4. The Hall–Kier alpha value is -3.24. The first-order valence-corrected chi connectivity index (χ1v) is 8.58. The van der Waals surface area contributed by atoms with Crippen LogP contribution in [0.15, 0.2) is 24.7 Å². The van der Waals surface area contributed by atoms with Gasteiger partial charge in [0, 0.05) is 49.0 Å². The molecule has 2 aromatic heterocycles. The quantitative estimate of drug-likeness (QED) is 0.830. The van der Waals surface area contributed by atoms with Crippen LogP contribution in [0, 0.1) is 0 Å². The standard InChI is InChI=1S/C17H16F2N4O5/c18-16(19)23-7-9(5-21-23)12-6-20-13(15(24)25)4-14(12)28-11-1-2-22-10(3-11)8-27-17(22)26/h4-7,10-11,16H,1-3,8H2,(H,24,25)/t10-,11-/m0/s1. The van der Waals surface area contributed by atoms with Gasteiger partial charge in [0.1, 0.15) is 18.5 Å². The van der Waals surface area contributed by atoms with Crippen molar-refractivity contribution in [2.24, 2.45) is 0 Å². The molecular weight excluding hydrogens is 378 g/mol. The number of alkyl halides is 2. The van der Waals surface area contributed by atoms with Gasteiger partial charge in [0.05, 0.1) is 12.2 Å². The van der Waals surface area contributed by atoms with E-state index in [9.17, 15) is 23.5 Å². The van der Waals surface area contributed by atoms with Crippen molar-refractivity contribution in [1.82, 2.24) is 19.7 Å². The van der Waals surface area contributed by atoms with Crippen LogP contribution in [0.3, 0.4) is 0 Å². The topological polar surface area (TPSA) is 107 Å². The van der Waals surface area contributed by atoms with Crippen molar-refractivity contribution in [1.29, 1.82) is 0 Å². The summed E-state index contributed by atoms with van der Waals surface area (Å²) in [7, 11) is 0. The number of piperidine rings is 1. The zero-order chi connectivity index (χ0) is 19.8. The number of cyclic esters (lactones) is 1. The Morgan fingerprint density at radius 3 is 2.93 bits per heavy atom. The van der Waals surface area contributed by atoms with E-state index in [4.69, 9.17) is 9.47 Å². The summed E-state index contributed by atoms with van der Waals surface area (Å²) in [5, 5.41) is 12.8. The first-order valence-electron chi connectivity index (χ1n) is 8.58. The first kappa shape index (κ1) is 18.1. The second-order valence-corrected chi connectivity index (χ2v) is 6.55. The zero-order valence-electron chi connectivity index (χ0n) is 14.5. The molecule has 9 nitrogen and oxygen atoms in total. The predicted octanol–water partition coefficient (Wildman–Crippen LogP) is 2.40. The van der Waals surface area contributed by atoms with E-state index in [1.54, 1.807) is 4.90 Å². The van der Waals surface area contributed by atoms with Crippen molar-refractivity contribution in [3.05, 3.63) is 30.4 Å². The molecule has 0 radical (unpaired) electrons. The van der Waals surface area contributed by atoms with E-state index in [0.29, 0.717) is 35.2 Å². The van der Waals surface area contributed by atoms with E-state index < -0.39 is 12.5 Å². The number of carbonyl (C=O) groups excluding carboxylic acids is 1. The number of hydrogen-bond donors (Lipinski definition) is 1. The Morgan fingerprint density at radius 2 is 2.21 bits per heavy atom. The fourth-order valence-corrected chi connectivity index (χ4v) is 3.40. The number of pyridine rings is 1. The molecule has 4 heterocycles. The van der Waals surface area contributed by atoms with Crippen LogP contribution in [0.2, 0.25) is 0 Å². The van der Waals surface area contributed by atoms with Crippen LogP contribution in [0.5, 0.6) is 5.75 Å². The minimum absolute atomic E-state index is 0.0999. The largest absolute Gasteiger partial charge is 0.489 e. The van der Waals surface area contributed by atoms with Crippen LogP contribution in [0.25, 0.3) is 11.1 Å². The second-order valence-electron chi connectivity index (χ2n) is 6.55. The van der Waals surface area contributed by atoms with Crippen LogP contribution in [0.4, 0.5) is 13.6 Å². The normalized spacial score (nSPS) is 21.5. The highest BCUT2D eigenvalue weighted by Crippen LogP contribution is 2.34. The molecule has 2 aliphatic rings. The molecule has 11 heteroatoms. The third kappa shape index (κ3) is 3.35. The lowest BCUT2D eigenvalue weighted by molar-refractivity contribution is 0.0566. The van der Waals surface area contributed by atoms with Gasteiger partial charge in [0.25, 0.3) is 0 Å². The number of carbonyl (C=O) groups is 2. The molecule has 148 valence electrons. The SMILES string of the molecule is O=C(O)c1cc(O[C@H]2CCN3C(=O)OC[C@@H]3C2)c(-c2cnn(C(F)F)c2)cn1. The van der Waals surface area contributed by atoms with E-state index in [1.807, 2.05) is 0 Å². The van der Waals surface area contributed by atoms with Crippen LogP contribution in [-0.4, -0.2) is 62.1 Å². The number of fused-ring (bicyclic) bond motifs is 1. The molecule has 0 aliphatic carbocycles. The summed E-state index contributed by atoms with van der Waals surface area (Å²) in [5.74, 6) is -1.02. The van der Waals surface area contributed by atoms with Gasteiger partial charge in [0.2, 0.25) is 0 Å². The van der Waals surface area contributed by atoms with E-state index >= 15 is 0 Å². The molecular formula is C17H16F2N4O5. The summed E-state index contributed by atoms with van der Waals surface area (Å²) in [5.41, 5.74) is 0.464. The van der Waals surface area contributed by atoms with Crippen molar-refractivity contribution in [3.63, 3.8) is 0 Å². The summed E-state index contributed by atoms with van der Waals surface area (Å²) in [6.45, 7) is -2.05. The maximum Gasteiger partial charge on any atom is 0.410 e. The van der Waals surface area contributed by atoms with E-state index in [1.165, 1.54) is 18.5 Å². The van der Waals surface area contributed by atoms with Gasteiger partial charge in [-0.3, -0.25) is 0 Å². The van der Waals surface area contributed by atoms with Crippen molar-refractivity contribution in [3.8, 4) is 16.9 Å². The maximum atomic E-state index is 12.8. The number of hydrogen-bond acceptors (Lipinski definition) is 6. The minimum Gasteiger partial charge on any atom is -0.489 e. The zero-order valence-corrected chi connectivity index (χ0v) is 14.5. The number of nitrogens with zero attached hydrogens (tertiary/aromatic N) is 4. The van der Waals surface area contributed by atoms with Crippen molar-refractivity contribution in [2.75, 3.05) is 13.2 Å². The number of halogens is 2. The van der Waals surface area contributed by atoms with Crippen LogP contribution in [0.1, 0.15) is 29.9 Å². The molecule has 2 aliphatic heterocycles. The highest BCUT2D eigenvalue weighted by Gasteiger charge is 2.39. The van der Waals surface area contributed by atoms with Gasteiger partial charge in [0.15, 0.2) is 5.69 Å². The second kappa shape index (κ2) is 7.06. The van der Waals surface area contributed by atoms with Crippen molar-refractivity contribution in [2.45, 2.75) is 31.5 Å². The van der Waals surface area contributed by atoms with E-state index in [-0.39, 0.29) is 36.3 Å². The maximum absolute atomic E-state index is 12.8. The Balaban J connectivity index is 1.61. The number of aromatic carboxylic acids is 1. The fourth-order valence-electron chi connectivity index (χ4n) is 3.40. The summed E-state index contributed by atoms with van der Waals surface area (Å²) in [4.78, 5) is 28.4. The average molecular weight is 394 g/mol. The molecule has 4 rings (SSSR count). The van der Waals surface area contributed by atoms with Crippen molar-refractivity contribution >= 4 is 12.1 Å². The van der Waals surface area contributed by atoms with Gasteiger partial charge in [-0.2, -0.15) is 13.9 Å². The highest BCUT2D eigenvalue weighted by molar-refractivity contribution is 5.87. The van der Waals surface area contributed by atoms with Gasteiger partial charge in [-0.25, -0.2) is 19.3 Å². The number of aromatic nitrogens is 3. The fraction of sp³-hybridized carbons (Fsp3) is 0.412. The molecule has 2 fully saturated rings. The molecule has 28 heavy (non-hydrogen) atoms. The molecule has 1 N–H and O–H groups in total. The van der Waals surface area contributed by atoms with Gasteiger partial charge in [-0.15, -0.1) is 0 Å². The third-order valence-corrected chi connectivity index (χ3v) is 4.79. The van der Waals surface area contributed by atoms with Crippen LogP contribution in [-0.2, 0) is 4.74 Å². The average Bonchev–Trinajstić information content (AvgIpc) is 3.29. The Labute approximate surface area is 157 Å². The van der Waals surface area contributed by atoms with E-state index in [0.717, 1.165) is 6.20 Å². The van der Waals surface area contributed by atoms with Gasteiger partial charge < -0.3 is 19.5 Å². The number of ether oxygens (including phenoxy) is 2. The molecule has 2 saturated heterocycles. The Bertz CT molecular complexity index is 919. The summed E-state index contributed by atoms with van der Waals surface area (Å²) in [6.07, 6.45) is 4.06. The Morgan fingerprint density at radius 1 is 1.39 bits per heavy atom. The molecule has 0 unspecified atom stereocenters. The minimum atomic E-state index is -2.80. The lowest BCUT2D eigenvalue weighted by atomic mass is 10.0. The van der Waals surface area contributed by atoms with Crippen molar-refractivity contribution < 1.29 is 33.0 Å². The number of carboxylic acids is 1. The van der Waals surface area contributed by atoms with E-state index in [2.05, 4.69) is 10.1 Å². The monoisotopic (exact) mass is 394 g/mol. The van der Waals surface area contributed by atoms with Gasteiger partial charge in [-0.1, -0.05) is 0 Å². The van der Waals surface area contributed by atoms with Gasteiger partial charge >= 0.3 is 18.6 Å². The lowest BCUT2D eigenvalue weighted by Gasteiger charge is -2.32. The molecule has 0 bridgehead atoms. The van der Waals surface area contributed by atoms with Crippen LogP contribution < -0.4 is 4.74 Å². The number of carboxylic acid groups (broad SMARTS) is 1. The molecule has 0 saturated carbocycles. The summed E-state index contributed by atoms with van der Waals surface area (Å²) >= 11 is 0. The predicted molar refractivity (Wildman–Crippen MR) is 89.2 cm³/mol.